The van der Waals surface area contributed by atoms with Crippen LogP contribution in [0.4, 0.5) is 0 Å². The predicted molar refractivity (Wildman–Crippen MR) is 22.1 cm³/mol. The molecule has 3 heteroatoms. The van der Waals surface area contributed by atoms with Crippen molar-refractivity contribution in [2.24, 2.45) is 0 Å². The number of hydrogen-bond acceptors (Lipinski definition) is 3. The van der Waals surface area contributed by atoms with Crippen LogP contribution < -0.4 is 0 Å². The minimum absolute atomic E-state index is 0.242. The zero-order valence-electron chi connectivity index (χ0n) is 3.85. The SMILES string of the molecule is C=C1OCCOO1. The van der Waals surface area contributed by atoms with Gasteiger partial charge in [0.25, 0.3) is 0 Å². The van der Waals surface area contributed by atoms with E-state index in [2.05, 4.69) is 16.4 Å². The van der Waals surface area contributed by atoms with Gasteiger partial charge in [-0.1, -0.05) is 0 Å². The summed E-state index contributed by atoms with van der Waals surface area (Å²) in [7, 11) is 0. The maximum atomic E-state index is 4.74. The van der Waals surface area contributed by atoms with Crippen molar-refractivity contribution in [3.05, 3.63) is 12.5 Å². The number of ether oxygens (including phenoxy) is 1. The molecule has 0 aromatic carbocycles. The number of rotatable bonds is 0. The topological polar surface area (TPSA) is 27.7 Å². The van der Waals surface area contributed by atoms with Crippen LogP contribution in [0.2, 0.25) is 0 Å². The van der Waals surface area contributed by atoms with Crippen molar-refractivity contribution in [2.45, 2.75) is 0 Å². The molecule has 0 bridgehead atoms. The van der Waals surface area contributed by atoms with Crippen LogP contribution in [0.5, 0.6) is 0 Å². The van der Waals surface area contributed by atoms with Crippen molar-refractivity contribution in [3.8, 4) is 0 Å². The van der Waals surface area contributed by atoms with E-state index in [1.54, 1.807) is 0 Å². The lowest BCUT2D eigenvalue weighted by Crippen LogP contribution is -2.12. The van der Waals surface area contributed by atoms with Crippen LogP contribution in [0.15, 0.2) is 12.5 Å². The Balaban J connectivity index is 2.25. The third kappa shape index (κ3) is 1.08. The van der Waals surface area contributed by atoms with Crippen LogP contribution in [0.1, 0.15) is 0 Å². The Morgan fingerprint density at radius 2 is 2.29 bits per heavy atom. The predicted octanol–water partition coefficient (Wildman–Crippen LogP) is 0.436. The fraction of sp³-hybridized carbons (Fsp3) is 0.500. The van der Waals surface area contributed by atoms with Crippen molar-refractivity contribution in [3.63, 3.8) is 0 Å². The van der Waals surface area contributed by atoms with Crippen LogP contribution in [0, 0.1) is 0 Å². The summed E-state index contributed by atoms with van der Waals surface area (Å²) in [5.74, 6) is 0.242. The van der Waals surface area contributed by atoms with Crippen molar-refractivity contribution in [1.29, 1.82) is 0 Å². The van der Waals surface area contributed by atoms with Crippen LogP contribution in [0.25, 0.3) is 0 Å². The lowest BCUT2D eigenvalue weighted by Gasteiger charge is -2.12. The van der Waals surface area contributed by atoms with E-state index in [0.29, 0.717) is 13.2 Å². The molecule has 7 heavy (non-hydrogen) atoms. The molecule has 1 fully saturated rings. The highest BCUT2D eigenvalue weighted by atomic mass is 17.2. The summed E-state index contributed by atoms with van der Waals surface area (Å²) in [6, 6.07) is 0. The average molecular weight is 102 g/mol. The van der Waals surface area contributed by atoms with Gasteiger partial charge < -0.3 is 4.74 Å². The van der Waals surface area contributed by atoms with Gasteiger partial charge in [-0.15, -0.1) is 0 Å². The van der Waals surface area contributed by atoms with E-state index in [9.17, 15) is 0 Å². The smallest absolute Gasteiger partial charge is 0.309 e. The molecular formula is C4H6O3. The maximum absolute atomic E-state index is 4.74. The molecule has 0 aromatic heterocycles. The van der Waals surface area contributed by atoms with Crippen LogP contribution in [-0.2, 0) is 14.5 Å². The van der Waals surface area contributed by atoms with Gasteiger partial charge in [-0.2, -0.15) is 4.89 Å². The normalized spacial score (nSPS) is 20.3. The Morgan fingerprint density at radius 3 is 2.57 bits per heavy atom. The third-order valence-corrected chi connectivity index (χ3v) is 0.582. The molecule has 0 N–H and O–H groups in total. The van der Waals surface area contributed by atoms with E-state index in [1.165, 1.54) is 0 Å². The van der Waals surface area contributed by atoms with Crippen molar-refractivity contribution >= 4 is 0 Å². The molecule has 3 nitrogen and oxygen atoms in total. The Kier molecular flexibility index (Phi) is 1.17. The first-order chi connectivity index (χ1) is 3.39. The summed E-state index contributed by atoms with van der Waals surface area (Å²) < 4.78 is 4.74. The van der Waals surface area contributed by atoms with Gasteiger partial charge in [0.15, 0.2) is 0 Å². The summed E-state index contributed by atoms with van der Waals surface area (Å²) in [4.78, 5) is 8.82. The molecular weight excluding hydrogens is 96.0 g/mol. The summed E-state index contributed by atoms with van der Waals surface area (Å²) in [5.41, 5.74) is 0. The second kappa shape index (κ2) is 1.84. The molecule has 0 radical (unpaired) electrons. The Hall–Kier alpha value is -0.700. The second-order valence-electron chi connectivity index (χ2n) is 1.13. The minimum atomic E-state index is 0.242. The van der Waals surface area contributed by atoms with Gasteiger partial charge in [0.2, 0.25) is 0 Å². The van der Waals surface area contributed by atoms with Crippen molar-refractivity contribution < 1.29 is 14.5 Å². The van der Waals surface area contributed by atoms with Gasteiger partial charge in [0.05, 0.1) is 0 Å². The molecule has 0 aromatic rings. The quantitative estimate of drug-likeness (QED) is 0.415. The van der Waals surface area contributed by atoms with Gasteiger partial charge in [-0.05, 0) is 6.58 Å². The first kappa shape index (κ1) is 4.46. The van der Waals surface area contributed by atoms with Crippen molar-refractivity contribution in [1.82, 2.24) is 0 Å². The second-order valence-corrected chi connectivity index (χ2v) is 1.13. The molecule has 1 aliphatic heterocycles. The Bertz CT molecular complexity index is 71.0. The average Bonchev–Trinajstić information content (AvgIpc) is 1.69. The van der Waals surface area contributed by atoms with E-state index in [4.69, 9.17) is 4.74 Å². The van der Waals surface area contributed by atoms with E-state index in [0.717, 1.165) is 0 Å². The zero-order valence-corrected chi connectivity index (χ0v) is 3.85. The lowest BCUT2D eigenvalue weighted by molar-refractivity contribution is -0.327. The highest BCUT2D eigenvalue weighted by Crippen LogP contribution is 2.01. The molecule has 0 spiro atoms. The first-order valence-corrected chi connectivity index (χ1v) is 2.01. The minimum Gasteiger partial charge on any atom is -0.461 e. The summed E-state index contributed by atoms with van der Waals surface area (Å²) in [6.07, 6.45) is 0. The molecule has 1 rings (SSSR count). The maximum Gasteiger partial charge on any atom is 0.309 e. The fourth-order valence-electron chi connectivity index (χ4n) is 0.321. The molecule has 0 unspecified atom stereocenters. The molecule has 0 amide bonds. The number of hydrogen-bond donors (Lipinski definition) is 0. The van der Waals surface area contributed by atoms with Gasteiger partial charge in [-0.25, -0.2) is 0 Å². The monoisotopic (exact) mass is 102 g/mol. The highest BCUT2D eigenvalue weighted by molar-refractivity contribution is 4.66. The van der Waals surface area contributed by atoms with E-state index in [-0.39, 0.29) is 5.95 Å². The van der Waals surface area contributed by atoms with Crippen molar-refractivity contribution in [2.75, 3.05) is 13.2 Å². The molecule has 0 atom stereocenters. The molecule has 0 saturated carbocycles. The van der Waals surface area contributed by atoms with Gasteiger partial charge in [0, 0.05) is 0 Å². The van der Waals surface area contributed by atoms with E-state index >= 15 is 0 Å². The lowest BCUT2D eigenvalue weighted by atomic mass is 10.8. The van der Waals surface area contributed by atoms with Gasteiger partial charge >= 0.3 is 5.95 Å². The third-order valence-electron chi connectivity index (χ3n) is 0.582. The zero-order chi connectivity index (χ0) is 5.11. The van der Waals surface area contributed by atoms with Crippen LogP contribution in [0.3, 0.4) is 0 Å². The van der Waals surface area contributed by atoms with Gasteiger partial charge in [0.1, 0.15) is 13.2 Å². The fourth-order valence-corrected chi connectivity index (χ4v) is 0.321. The van der Waals surface area contributed by atoms with Crippen LogP contribution >= 0.6 is 0 Å². The van der Waals surface area contributed by atoms with Crippen LogP contribution in [-0.4, -0.2) is 13.2 Å². The molecule has 1 heterocycles. The van der Waals surface area contributed by atoms with Gasteiger partial charge in [-0.3, -0.25) is 4.89 Å². The van der Waals surface area contributed by atoms with E-state index < -0.39 is 0 Å². The highest BCUT2D eigenvalue weighted by Gasteiger charge is 2.02. The largest absolute Gasteiger partial charge is 0.461 e. The summed E-state index contributed by atoms with van der Waals surface area (Å²) >= 11 is 0. The Morgan fingerprint density at radius 1 is 1.43 bits per heavy atom. The standard InChI is InChI=1S/C4H6O3/c1-4-5-2-3-6-7-4/h1-3H2. The molecule has 1 aliphatic rings. The molecule has 1 saturated heterocycles. The summed E-state index contributed by atoms with van der Waals surface area (Å²) in [6.45, 7) is 4.37. The molecule has 40 valence electrons. The Labute approximate surface area is 41.4 Å². The first-order valence-electron chi connectivity index (χ1n) is 2.01. The summed E-state index contributed by atoms with van der Waals surface area (Å²) in [5, 5.41) is 0. The molecule has 0 aliphatic carbocycles. The van der Waals surface area contributed by atoms with E-state index in [1.807, 2.05) is 0 Å².